The second kappa shape index (κ2) is 27.1. The first-order valence-electron chi connectivity index (χ1n) is 31.4. The monoisotopic (exact) mass is 1270 g/mol. The van der Waals surface area contributed by atoms with E-state index < -0.39 is 0 Å². The number of imidazole rings is 3. The van der Waals surface area contributed by atoms with Gasteiger partial charge in [0.2, 0.25) is 5.88 Å². The molecule has 0 unspecified atom stereocenters. The highest BCUT2D eigenvalue weighted by atomic mass is 16.5. The molecule has 0 fully saturated rings. The Kier molecular flexibility index (Phi) is 16.7. The summed E-state index contributed by atoms with van der Waals surface area (Å²) in [7, 11) is 4.92. The highest BCUT2D eigenvalue weighted by molar-refractivity contribution is 6.02. The van der Waals surface area contributed by atoms with E-state index in [0.29, 0.717) is 11.7 Å². The van der Waals surface area contributed by atoms with E-state index >= 15 is 0 Å². The van der Waals surface area contributed by atoms with Crippen molar-refractivity contribution in [1.82, 2.24) is 59.2 Å². The summed E-state index contributed by atoms with van der Waals surface area (Å²) in [5.41, 5.74) is 15.7. The van der Waals surface area contributed by atoms with Crippen molar-refractivity contribution in [2.45, 2.75) is 6.42 Å². The molecule has 18 heteroatoms. The molecule has 0 aliphatic heterocycles. The number of benzene rings is 11. The lowest BCUT2D eigenvalue weighted by molar-refractivity contribution is 0.398. The summed E-state index contributed by atoms with van der Waals surface area (Å²) in [5.74, 6) is 4.25. The van der Waals surface area contributed by atoms with Gasteiger partial charge in [0.05, 0.1) is 65.8 Å². The normalized spacial score (nSPS) is 11.1. The fourth-order valence-electron chi connectivity index (χ4n) is 11.9. The van der Waals surface area contributed by atoms with Crippen molar-refractivity contribution in [3.8, 4) is 45.7 Å². The number of para-hydroxylation sites is 1. The van der Waals surface area contributed by atoms with Crippen LogP contribution < -0.4 is 30.2 Å². The number of ether oxygens (including phenoxy) is 3. The lowest BCUT2D eigenvalue weighted by Gasteiger charge is -2.12. The van der Waals surface area contributed by atoms with Crippen molar-refractivity contribution in [1.29, 1.82) is 0 Å². The average molecular weight is 1270 g/mol. The predicted octanol–water partition coefficient (Wildman–Crippen LogP) is 17.4. The molecular formula is C79H61N15O3. The molecule has 0 spiro atoms. The Hall–Kier alpha value is -13.4. The first kappa shape index (κ1) is 59.9. The topological polar surface area (TPSA) is 195 Å². The van der Waals surface area contributed by atoms with Gasteiger partial charge in [0, 0.05) is 78.8 Å². The second-order valence-electron chi connectivity index (χ2n) is 22.7. The van der Waals surface area contributed by atoms with Crippen molar-refractivity contribution >= 4 is 99.9 Å². The zero-order valence-electron chi connectivity index (χ0n) is 52.9. The third kappa shape index (κ3) is 12.6. The number of hydrogen-bond acceptors (Lipinski definition) is 15. The van der Waals surface area contributed by atoms with Gasteiger partial charge >= 0.3 is 0 Å². The Labute approximate surface area is 557 Å². The fraction of sp³-hybridized carbons (Fsp3) is 0.0506. The number of nitrogens with one attached hydrogen (secondary N) is 3. The minimum absolute atomic E-state index is 0.504. The van der Waals surface area contributed by atoms with Crippen LogP contribution in [0.25, 0.3) is 93.7 Å². The van der Waals surface area contributed by atoms with E-state index in [0.717, 1.165) is 146 Å². The lowest BCUT2D eigenvalue weighted by atomic mass is 10.0. The number of hydrogen-bond donors (Lipinski definition) is 3. The molecule has 18 nitrogen and oxygen atoms in total. The molecular weight excluding hydrogens is 1210 g/mol. The van der Waals surface area contributed by atoms with Gasteiger partial charge in [-0.15, -0.1) is 25.5 Å². The summed E-state index contributed by atoms with van der Waals surface area (Å²) in [6, 6.07) is 89.2. The van der Waals surface area contributed by atoms with Crippen LogP contribution in [0.1, 0.15) is 11.3 Å². The number of aromatic nitrogens is 12. The molecule has 0 radical (unpaired) electrons. The highest BCUT2D eigenvalue weighted by Gasteiger charge is 2.17. The summed E-state index contributed by atoms with van der Waals surface area (Å²) in [6.07, 6.45) is 6.24. The Morgan fingerprint density at radius 3 is 1.30 bits per heavy atom. The SMILES string of the molecule is COc1ccc(-n2cnc3cc(Nc4nnc(OC)c5ccccc45)ccc32)cc1.COc1cccc(-n2cnc3cc(Nc4nnc(Cc5ccccc5)c5ccccc45)ccc32)c1.c1ccc(-c2nnc(Nc3ccc4c(c3)ncn4-c3ccccc3)c3ccccc23)cc1. The number of fused-ring (bicyclic) bond motifs is 6. The molecule has 0 bridgehead atoms. The Morgan fingerprint density at radius 2 is 0.753 bits per heavy atom. The standard InChI is InChI=1S/C29H23N5O.C27H19N5.C23H19N5O2/c1-35-23-11-7-10-22(18-23)34-19-30-27-17-21(14-15-28(27)34)31-29-25-13-6-5-12-24(25)26(32-33-29)16-20-8-3-2-4-9-20;1-3-9-19(10-4-1)26-22-13-7-8-14-23(22)27(31-30-26)29-20-15-16-25-24(17-20)28-18-32(25)21-11-5-2-6-12-21;1-29-17-10-8-16(9-11-17)28-14-24-20-13-15(7-12-21(20)28)25-22-18-5-3-4-6-19(18)23(30-2)27-26-22/h2-15,17-19H,16H2,1H3,(H,31,33);1-18H,(H,29,31);3-14H,1-2H3,(H,25,26). The Bertz CT molecular complexity index is 5630. The molecule has 3 N–H and O–H groups in total. The molecule has 0 aliphatic carbocycles. The first-order valence-corrected chi connectivity index (χ1v) is 31.4. The van der Waals surface area contributed by atoms with Crippen molar-refractivity contribution in [3.63, 3.8) is 0 Å². The third-order valence-corrected chi connectivity index (χ3v) is 16.7. The van der Waals surface area contributed by atoms with Crippen LogP contribution in [0.15, 0.2) is 286 Å². The van der Waals surface area contributed by atoms with E-state index in [1.165, 1.54) is 5.56 Å². The Morgan fingerprint density at radius 1 is 0.320 bits per heavy atom. The van der Waals surface area contributed by atoms with E-state index in [1.54, 1.807) is 21.3 Å². The van der Waals surface area contributed by atoms with Crippen LogP contribution in [0.5, 0.6) is 17.4 Å². The summed E-state index contributed by atoms with van der Waals surface area (Å²) in [6.45, 7) is 0. The maximum absolute atomic E-state index is 5.37. The second-order valence-corrected chi connectivity index (χ2v) is 22.7. The summed E-state index contributed by atoms with van der Waals surface area (Å²) >= 11 is 0. The average Bonchev–Trinajstić information content (AvgIpc) is 1.75. The largest absolute Gasteiger partial charge is 0.497 e. The van der Waals surface area contributed by atoms with Gasteiger partial charge in [0.15, 0.2) is 17.5 Å². The van der Waals surface area contributed by atoms with Crippen LogP contribution in [0.2, 0.25) is 0 Å². The van der Waals surface area contributed by atoms with Crippen LogP contribution in [0.4, 0.5) is 34.5 Å². The predicted molar refractivity (Wildman–Crippen MR) is 386 cm³/mol. The number of nitrogens with zero attached hydrogens (tertiary/aromatic N) is 12. The molecule has 0 aliphatic rings. The van der Waals surface area contributed by atoms with Crippen molar-refractivity contribution in [2.75, 3.05) is 37.3 Å². The molecule has 17 rings (SSSR count). The maximum Gasteiger partial charge on any atom is 0.241 e. The van der Waals surface area contributed by atoms with Gasteiger partial charge in [-0.3, -0.25) is 13.7 Å². The molecule has 11 aromatic carbocycles. The van der Waals surface area contributed by atoms with Crippen LogP contribution in [-0.4, -0.2) is 80.6 Å². The van der Waals surface area contributed by atoms with Crippen molar-refractivity contribution < 1.29 is 14.2 Å². The zero-order chi connectivity index (χ0) is 65.4. The summed E-state index contributed by atoms with van der Waals surface area (Å²) in [5, 5.41) is 43.0. The smallest absolute Gasteiger partial charge is 0.241 e. The summed E-state index contributed by atoms with van der Waals surface area (Å²) < 4.78 is 22.1. The minimum Gasteiger partial charge on any atom is -0.497 e. The zero-order valence-corrected chi connectivity index (χ0v) is 52.9. The van der Waals surface area contributed by atoms with E-state index in [9.17, 15) is 0 Å². The van der Waals surface area contributed by atoms with Gasteiger partial charge in [-0.25, -0.2) is 15.0 Å². The van der Waals surface area contributed by atoms with Gasteiger partial charge in [-0.2, -0.15) is 5.10 Å². The van der Waals surface area contributed by atoms with Gasteiger partial charge in [0.25, 0.3) is 0 Å². The number of anilines is 6. The minimum atomic E-state index is 0.504. The van der Waals surface area contributed by atoms with E-state index in [-0.39, 0.29) is 0 Å². The van der Waals surface area contributed by atoms with Gasteiger partial charge in [-0.05, 0) is 115 Å². The molecule has 6 aromatic heterocycles. The van der Waals surface area contributed by atoms with Crippen LogP contribution in [0, 0.1) is 0 Å². The maximum atomic E-state index is 5.37. The number of rotatable bonds is 15. The van der Waals surface area contributed by atoms with E-state index in [4.69, 9.17) is 14.2 Å². The van der Waals surface area contributed by atoms with Gasteiger partial charge < -0.3 is 30.2 Å². The van der Waals surface area contributed by atoms with E-state index in [2.05, 4.69) is 143 Å². The molecule has 17 aromatic rings. The van der Waals surface area contributed by atoms with Crippen molar-refractivity contribution in [3.05, 3.63) is 297 Å². The van der Waals surface area contributed by atoms with Gasteiger partial charge in [-0.1, -0.05) is 152 Å². The Balaban J connectivity index is 0.000000119. The summed E-state index contributed by atoms with van der Waals surface area (Å²) in [4.78, 5) is 13.8. The molecule has 6 heterocycles. The van der Waals surface area contributed by atoms with E-state index in [1.807, 2.05) is 218 Å². The molecule has 0 saturated heterocycles. The molecule has 0 atom stereocenters. The molecule has 0 amide bonds. The highest BCUT2D eigenvalue weighted by Crippen LogP contribution is 2.35. The van der Waals surface area contributed by atoms with Crippen LogP contribution >= 0.6 is 0 Å². The molecule has 97 heavy (non-hydrogen) atoms. The van der Waals surface area contributed by atoms with Crippen LogP contribution in [0.3, 0.4) is 0 Å². The van der Waals surface area contributed by atoms with Crippen molar-refractivity contribution in [2.24, 2.45) is 0 Å². The molecule has 470 valence electrons. The fourth-order valence-corrected chi connectivity index (χ4v) is 11.9. The van der Waals surface area contributed by atoms with Crippen LogP contribution in [-0.2, 0) is 6.42 Å². The number of methoxy groups -OCH3 is 3. The molecule has 0 saturated carbocycles. The quantitative estimate of drug-likeness (QED) is 0.0876. The third-order valence-electron chi connectivity index (χ3n) is 16.7. The first-order chi connectivity index (χ1) is 47.9. The van der Waals surface area contributed by atoms with Gasteiger partial charge in [0.1, 0.15) is 36.2 Å². The lowest BCUT2D eigenvalue weighted by Crippen LogP contribution is -2.02.